The van der Waals surface area contributed by atoms with Crippen molar-refractivity contribution in [3.8, 4) is 17.0 Å². The maximum Gasteiger partial charge on any atom is 0.295 e. The van der Waals surface area contributed by atoms with E-state index < -0.39 is 40.2 Å². The van der Waals surface area contributed by atoms with Crippen LogP contribution in [0, 0.1) is 6.92 Å². The number of aromatic nitrogens is 2. The van der Waals surface area contributed by atoms with Crippen molar-refractivity contribution < 1.29 is 37.8 Å². The second-order valence-electron chi connectivity index (χ2n) is 6.06. The van der Waals surface area contributed by atoms with Crippen molar-refractivity contribution >= 4 is 10.1 Å². The molecule has 1 aliphatic heterocycles. The minimum absolute atomic E-state index is 0.0966. The molecule has 1 aliphatic rings. The summed E-state index contributed by atoms with van der Waals surface area (Å²) in [7, 11) is -4.86. The third-order valence-corrected chi connectivity index (χ3v) is 5.04. The first-order chi connectivity index (χ1) is 12.7. The van der Waals surface area contributed by atoms with Crippen LogP contribution in [0.5, 0.6) is 5.75 Å². The molecule has 27 heavy (non-hydrogen) atoms. The highest BCUT2D eigenvalue weighted by atomic mass is 32.2. The molecule has 2 aromatic rings. The molecule has 5 atom stereocenters. The summed E-state index contributed by atoms with van der Waals surface area (Å²) < 4.78 is 42.2. The molecule has 0 saturated carbocycles. The standard InChI is InChI=1S/C16H18N2O8S/c1-8-3-2-4-18-11(8)9-5-10(7-17-6-9)25-15-13(20)12(19)14(21)16(26-15)27(22,23)24/h2-7,12-16,19-21H,1H3,(H,22,23,24)/t12-,13-,14+,15-,16?/m1/s1. The number of nitrogens with zero attached hydrogens (tertiary/aromatic N) is 2. The van der Waals surface area contributed by atoms with Crippen LogP contribution in [0.1, 0.15) is 5.56 Å². The number of aryl methyl sites for hydroxylation is 1. The predicted octanol–water partition coefficient (Wildman–Crippen LogP) is -0.516. The Hall–Kier alpha value is -2.15. The van der Waals surface area contributed by atoms with Gasteiger partial charge in [0.05, 0.1) is 11.9 Å². The number of aliphatic hydroxyl groups excluding tert-OH is 3. The molecule has 11 heteroatoms. The van der Waals surface area contributed by atoms with Gasteiger partial charge in [0.2, 0.25) is 11.7 Å². The number of ether oxygens (including phenoxy) is 2. The van der Waals surface area contributed by atoms with Crippen LogP contribution in [0.3, 0.4) is 0 Å². The van der Waals surface area contributed by atoms with Gasteiger partial charge in [-0.25, -0.2) is 0 Å². The van der Waals surface area contributed by atoms with E-state index in [-0.39, 0.29) is 5.75 Å². The van der Waals surface area contributed by atoms with E-state index in [9.17, 15) is 23.7 Å². The van der Waals surface area contributed by atoms with Crippen LogP contribution in [0.25, 0.3) is 11.3 Å². The maximum absolute atomic E-state index is 11.3. The lowest BCUT2D eigenvalue weighted by molar-refractivity contribution is -0.254. The third-order valence-electron chi connectivity index (χ3n) is 4.07. The number of aliphatic hydroxyl groups is 3. The van der Waals surface area contributed by atoms with Crippen molar-refractivity contribution in [3.63, 3.8) is 0 Å². The molecule has 3 rings (SSSR count). The van der Waals surface area contributed by atoms with Crippen molar-refractivity contribution in [2.45, 2.75) is 37.0 Å². The van der Waals surface area contributed by atoms with Gasteiger partial charge in [0.1, 0.15) is 24.1 Å². The fraction of sp³-hybridized carbons (Fsp3) is 0.375. The molecule has 2 aromatic heterocycles. The smallest absolute Gasteiger partial charge is 0.295 e. The quantitative estimate of drug-likeness (QED) is 0.494. The Morgan fingerprint density at radius 3 is 2.56 bits per heavy atom. The van der Waals surface area contributed by atoms with E-state index in [4.69, 9.17) is 14.0 Å². The first-order valence-corrected chi connectivity index (χ1v) is 9.38. The van der Waals surface area contributed by atoms with E-state index in [1.54, 1.807) is 18.5 Å². The van der Waals surface area contributed by atoms with Crippen molar-refractivity contribution in [2.75, 3.05) is 0 Å². The lowest BCUT2D eigenvalue weighted by Crippen LogP contribution is -2.61. The van der Waals surface area contributed by atoms with Gasteiger partial charge >= 0.3 is 0 Å². The fourth-order valence-electron chi connectivity index (χ4n) is 2.70. The van der Waals surface area contributed by atoms with E-state index in [1.807, 2.05) is 13.0 Å². The van der Waals surface area contributed by atoms with Crippen LogP contribution in [-0.2, 0) is 14.9 Å². The predicted molar refractivity (Wildman–Crippen MR) is 91.1 cm³/mol. The van der Waals surface area contributed by atoms with Gasteiger partial charge in [-0.05, 0) is 24.6 Å². The molecule has 0 amide bonds. The molecule has 3 heterocycles. The zero-order valence-electron chi connectivity index (χ0n) is 14.1. The van der Waals surface area contributed by atoms with Gasteiger partial charge < -0.3 is 24.8 Å². The Balaban J connectivity index is 1.86. The van der Waals surface area contributed by atoms with Crippen LogP contribution in [-0.4, -0.2) is 68.3 Å². The van der Waals surface area contributed by atoms with E-state index in [0.29, 0.717) is 11.3 Å². The summed E-state index contributed by atoms with van der Waals surface area (Å²) in [4.78, 5) is 8.27. The van der Waals surface area contributed by atoms with E-state index >= 15 is 0 Å². The number of hydrogen-bond donors (Lipinski definition) is 4. The second-order valence-corrected chi connectivity index (χ2v) is 7.55. The third kappa shape index (κ3) is 4.08. The van der Waals surface area contributed by atoms with Gasteiger partial charge in [-0.1, -0.05) is 6.07 Å². The summed E-state index contributed by atoms with van der Waals surface area (Å²) in [5.41, 5.74) is -0.0416. The molecule has 0 bridgehead atoms. The molecule has 1 unspecified atom stereocenters. The zero-order valence-corrected chi connectivity index (χ0v) is 14.9. The monoisotopic (exact) mass is 398 g/mol. The lowest BCUT2D eigenvalue weighted by Gasteiger charge is -2.38. The van der Waals surface area contributed by atoms with Gasteiger partial charge in [-0.3, -0.25) is 14.5 Å². The average molecular weight is 398 g/mol. The van der Waals surface area contributed by atoms with Gasteiger partial charge in [0.15, 0.2) is 0 Å². The van der Waals surface area contributed by atoms with Crippen LogP contribution < -0.4 is 4.74 Å². The van der Waals surface area contributed by atoms with Crippen LogP contribution in [0.4, 0.5) is 0 Å². The fourth-order valence-corrected chi connectivity index (χ4v) is 3.46. The largest absolute Gasteiger partial charge is 0.460 e. The highest BCUT2D eigenvalue weighted by Crippen LogP contribution is 2.28. The normalized spacial score (nSPS) is 28.7. The highest BCUT2D eigenvalue weighted by molar-refractivity contribution is 7.86. The molecule has 1 saturated heterocycles. The van der Waals surface area contributed by atoms with Gasteiger partial charge in [0, 0.05) is 18.0 Å². The topological polar surface area (TPSA) is 159 Å². The Kier molecular flexibility index (Phi) is 5.42. The molecule has 4 N–H and O–H groups in total. The van der Waals surface area contributed by atoms with Crippen LogP contribution >= 0.6 is 0 Å². The summed E-state index contributed by atoms with van der Waals surface area (Å²) in [5.74, 6) is 0.0966. The number of hydrogen-bond acceptors (Lipinski definition) is 9. The van der Waals surface area contributed by atoms with Gasteiger partial charge in [-0.15, -0.1) is 0 Å². The molecule has 1 fully saturated rings. The van der Waals surface area contributed by atoms with Crippen molar-refractivity contribution in [1.29, 1.82) is 0 Å². The Morgan fingerprint density at radius 1 is 1.15 bits per heavy atom. The number of rotatable bonds is 4. The second kappa shape index (κ2) is 7.46. The summed E-state index contributed by atoms with van der Waals surface area (Å²) in [6, 6.07) is 5.18. The minimum Gasteiger partial charge on any atom is -0.460 e. The minimum atomic E-state index is -4.86. The molecule has 0 aliphatic carbocycles. The van der Waals surface area contributed by atoms with Gasteiger partial charge in [0.25, 0.3) is 10.1 Å². The average Bonchev–Trinajstić information content (AvgIpc) is 2.62. The summed E-state index contributed by atoms with van der Waals surface area (Å²) in [6.45, 7) is 1.86. The van der Waals surface area contributed by atoms with E-state index in [2.05, 4.69) is 9.97 Å². The number of pyridine rings is 2. The first-order valence-electron chi connectivity index (χ1n) is 7.88. The molecular formula is C16H18N2O8S. The van der Waals surface area contributed by atoms with Crippen LogP contribution in [0.2, 0.25) is 0 Å². The molecule has 0 aromatic carbocycles. The van der Waals surface area contributed by atoms with E-state index in [1.165, 1.54) is 12.3 Å². The Labute approximate surface area is 154 Å². The molecule has 0 spiro atoms. The van der Waals surface area contributed by atoms with Crippen molar-refractivity contribution in [2.24, 2.45) is 0 Å². The zero-order chi connectivity index (χ0) is 19.8. The lowest BCUT2D eigenvalue weighted by atomic mass is 10.1. The molecule has 0 radical (unpaired) electrons. The Bertz CT molecular complexity index is 922. The highest BCUT2D eigenvalue weighted by Gasteiger charge is 2.50. The Morgan fingerprint density at radius 2 is 1.89 bits per heavy atom. The summed E-state index contributed by atoms with van der Waals surface area (Å²) in [5, 5.41) is 29.6. The van der Waals surface area contributed by atoms with Gasteiger partial charge in [-0.2, -0.15) is 8.42 Å². The van der Waals surface area contributed by atoms with Crippen LogP contribution in [0.15, 0.2) is 36.8 Å². The summed E-state index contributed by atoms with van der Waals surface area (Å²) in [6.07, 6.45) is -2.95. The molecule has 10 nitrogen and oxygen atoms in total. The van der Waals surface area contributed by atoms with Crippen molar-refractivity contribution in [3.05, 3.63) is 42.4 Å². The van der Waals surface area contributed by atoms with Crippen molar-refractivity contribution in [1.82, 2.24) is 9.97 Å². The molecular weight excluding hydrogens is 380 g/mol. The first kappa shape index (κ1) is 19.6. The summed E-state index contributed by atoms with van der Waals surface area (Å²) >= 11 is 0. The maximum atomic E-state index is 11.3. The van der Waals surface area contributed by atoms with E-state index in [0.717, 1.165) is 5.56 Å². The molecule has 146 valence electrons. The SMILES string of the molecule is Cc1cccnc1-c1cncc(O[C@@H]2OC(S(=O)(=O)O)[C@@H](O)[C@H](O)[C@H]2O)c1.